The standard InChI is InChI=1S/C17H17N3O4/c1-2-24-16-14(6-3-9-18-16)17(21)19-10-4-5-12-7-8-13(20(22)23)11-15(12)19/h3,6-9,11H,2,4-5,10H2,1H3. The third-order valence-electron chi connectivity index (χ3n) is 3.93. The van der Waals surface area contributed by atoms with Crippen LogP contribution in [0, 0.1) is 10.1 Å². The van der Waals surface area contributed by atoms with Crippen LogP contribution < -0.4 is 9.64 Å². The van der Waals surface area contributed by atoms with E-state index >= 15 is 0 Å². The lowest BCUT2D eigenvalue weighted by atomic mass is 10.0. The summed E-state index contributed by atoms with van der Waals surface area (Å²) in [6.45, 7) is 2.73. The van der Waals surface area contributed by atoms with Gasteiger partial charge in [-0.05, 0) is 37.5 Å². The Balaban J connectivity index is 2.01. The van der Waals surface area contributed by atoms with Crippen molar-refractivity contribution in [2.24, 2.45) is 0 Å². The molecule has 7 nitrogen and oxygen atoms in total. The van der Waals surface area contributed by atoms with E-state index in [-0.39, 0.29) is 17.5 Å². The maximum Gasteiger partial charge on any atom is 0.271 e. The van der Waals surface area contributed by atoms with Gasteiger partial charge >= 0.3 is 0 Å². The van der Waals surface area contributed by atoms with Crippen molar-refractivity contribution in [3.8, 4) is 5.88 Å². The zero-order valence-corrected chi connectivity index (χ0v) is 13.3. The van der Waals surface area contributed by atoms with E-state index in [1.54, 1.807) is 29.3 Å². The number of hydrogen-bond acceptors (Lipinski definition) is 5. The highest BCUT2D eigenvalue weighted by Crippen LogP contribution is 2.32. The van der Waals surface area contributed by atoms with E-state index in [2.05, 4.69) is 4.98 Å². The molecule has 1 aromatic carbocycles. The molecule has 0 spiro atoms. The Labute approximate surface area is 139 Å². The number of carbonyl (C=O) groups excluding carboxylic acids is 1. The van der Waals surface area contributed by atoms with E-state index in [4.69, 9.17) is 4.74 Å². The predicted molar refractivity (Wildman–Crippen MR) is 88.5 cm³/mol. The number of nitro groups is 1. The Morgan fingerprint density at radius 3 is 3.00 bits per heavy atom. The van der Waals surface area contributed by atoms with Gasteiger partial charge in [-0.25, -0.2) is 4.98 Å². The van der Waals surface area contributed by atoms with Gasteiger partial charge in [-0.3, -0.25) is 14.9 Å². The Hall–Kier alpha value is -2.96. The molecule has 0 fully saturated rings. The topological polar surface area (TPSA) is 85.6 Å². The maximum absolute atomic E-state index is 13.0. The van der Waals surface area contributed by atoms with Crippen LogP contribution in [-0.4, -0.2) is 29.0 Å². The van der Waals surface area contributed by atoms with E-state index in [0.29, 0.717) is 24.4 Å². The monoisotopic (exact) mass is 327 g/mol. The zero-order chi connectivity index (χ0) is 17.1. The lowest BCUT2D eigenvalue weighted by Gasteiger charge is -2.29. The minimum Gasteiger partial charge on any atom is -0.477 e. The SMILES string of the molecule is CCOc1ncccc1C(=O)N1CCCc2ccc([N+](=O)[O-])cc21. The van der Waals surface area contributed by atoms with E-state index in [1.165, 1.54) is 12.1 Å². The van der Waals surface area contributed by atoms with Crippen LogP contribution in [0.1, 0.15) is 29.3 Å². The average Bonchev–Trinajstić information content (AvgIpc) is 2.61. The number of aryl methyl sites for hydroxylation is 1. The number of rotatable bonds is 4. The summed E-state index contributed by atoms with van der Waals surface area (Å²) in [6, 6.07) is 7.99. The number of hydrogen-bond donors (Lipinski definition) is 0. The van der Waals surface area contributed by atoms with Crippen LogP contribution in [-0.2, 0) is 6.42 Å². The van der Waals surface area contributed by atoms with Gasteiger partial charge < -0.3 is 9.64 Å². The molecule has 1 aromatic heterocycles. The second-order valence-corrected chi connectivity index (χ2v) is 5.42. The molecule has 7 heteroatoms. The van der Waals surface area contributed by atoms with E-state index in [0.717, 1.165) is 18.4 Å². The largest absolute Gasteiger partial charge is 0.477 e. The second-order valence-electron chi connectivity index (χ2n) is 5.42. The molecular formula is C17H17N3O4. The fraction of sp³-hybridized carbons (Fsp3) is 0.294. The van der Waals surface area contributed by atoms with Crippen LogP contribution in [0.25, 0.3) is 0 Å². The molecule has 0 aliphatic carbocycles. The van der Waals surface area contributed by atoms with Gasteiger partial charge in [0.25, 0.3) is 11.6 Å². The molecule has 2 aromatic rings. The molecule has 2 heterocycles. The van der Waals surface area contributed by atoms with Gasteiger partial charge in [-0.1, -0.05) is 6.07 Å². The molecule has 0 N–H and O–H groups in total. The summed E-state index contributed by atoms with van der Waals surface area (Å²) in [6.07, 6.45) is 3.17. The highest BCUT2D eigenvalue weighted by Gasteiger charge is 2.27. The minimum absolute atomic E-state index is 0.0235. The molecule has 124 valence electrons. The van der Waals surface area contributed by atoms with Crippen molar-refractivity contribution in [1.29, 1.82) is 0 Å². The van der Waals surface area contributed by atoms with Crippen molar-refractivity contribution in [2.45, 2.75) is 19.8 Å². The van der Waals surface area contributed by atoms with Crippen molar-refractivity contribution < 1.29 is 14.5 Å². The number of fused-ring (bicyclic) bond motifs is 1. The summed E-state index contributed by atoms with van der Waals surface area (Å²) in [5.41, 5.74) is 1.86. The van der Waals surface area contributed by atoms with Crippen molar-refractivity contribution in [3.63, 3.8) is 0 Å². The first kappa shape index (κ1) is 15.9. The van der Waals surface area contributed by atoms with Crippen molar-refractivity contribution in [1.82, 2.24) is 4.98 Å². The summed E-state index contributed by atoms with van der Waals surface area (Å²) in [7, 11) is 0. The average molecular weight is 327 g/mol. The van der Waals surface area contributed by atoms with Crippen molar-refractivity contribution >= 4 is 17.3 Å². The molecule has 3 rings (SSSR count). The van der Waals surface area contributed by atoms with E-state index in [9.17, 15) is 14.9 Å². The Kier molecular flexibility index (Phi) is 4.41. The molecule has 1 aliphatic heterocycles. The second kappa shape index (κ2) is 6.66. The number of aromatic nitrogens is 1. The summed E-state index contributed by atoms with van der Waals surface area (Å²) in [5, 5.41) is 11.0. The number of benzene rings is 1. The summed E-state index contributed by atoms with van der Waals surface area (Å²) in [4.78, 5) is 29.3. The minimum atomic E-state index is -0.451. The molecular weight excluding hydrogens is 310 g/mol. The molecule has 0 unspecified atom stereocenters. The third-order valence-corrected chi connectivity index (χ3v) is 3.93. The summed E-state index contributed by atoms with van der Waals surface area (Å²) >= 11 is 0. The number of nitrogens with zero attached hydrogens (tertiary/aromatic N) is 3. The molecule has 0 saturated heterocycles. The fourth-order valence-corrected chi connectivity index (χ4v) is 2.84. The molecule has 1 amide bonds. The van der Waals surface area contributed by atoms with Crippen LogP contribution >= 0.6 is 0 Å². The first-order valence-corrected chi connectivity index (χ1v) is 7.78. The predicted octanol–water partition coefficient (Wildman–Crippen LogP) is 2.98. The van der Waals surface area contributed by atoms with Crippen LogP contribution in [0.4, 0.5) is 11.4 Å². The Morgan fingerprint density at radius 2 is 2.25 bits per heavy atom. The number of nitro benzene ring substituents is 1. The number of amides is 1. The van der Waals surface area contributed by atoms with Gasteiger partial charge in [0.1, 0.15) is 5.56 Å². The quantitative estimate of drug-likeness (QED) is 0.636. The van der Waals surface area contributed by atoms with Crippen molar-refractivity contribution in [3.05, 3.63) is 57.8 Å². The number of carbonyl (C=O) groups is 1. The lowest BCUT2D eigenvalue weighted by molar-refractivity contribution is -0.384. The normalized spacial score (nSPS) is 13.3. The highest BCUT2D eigenvalue weighted by atomic mass is 16.6. The number of non-ortho nitro benzene ring substituents is 1. The molecule has 0 atom stereocenters. The van der Waals surface area contributed by atoms with Crippen LogP contribution in [0.2, 0.25) is 0 Å². The molecule has 0 saturated carbocycles. The summed E-state index contributed by atoms with van der Waals surface area (Å²) in [5.74, 6) is 0.0237. The van der Waals surface area contributed by atoms with Gasteiger partial charge in [0.2, 0.25) is 5.88 Å². The van der Waals surface area contributed by atoms with Gasteiger partial charge in [0, 0.05) is 24.9 Å². The number of pyridine rings is 1. The van der Waals surface area contributed by atoms with Gasteiger partial charge in [0.15, 0.2) is 0 Å². The van der Waals surface area contributed by atoms with Gasteiger partial charge in [-0.2, -0.15) is 0 Å². The van der Waals surface area contributed by atoms with Crippen molar-refractivity contribution in [2.75, 3.05) is 18.1 Å². The highest BCUT2D eigenvalue weighted by molar-refractivity contribution is 6.08. The van der Waals surface area contributed by atoms with Gasteiger partial charge in [0.05, 0.1) is 17.2 Å². The summed E-state index contributed by atoms with van der Waals surface area (Å²) < 4.78 is 5.43. The Morgan fingerprint density at radius 1 is 1.42 bits per heavy atom. The third kappa shape index (κ3) is 2.92. The zero-order valence-electron chi connectivity index (χ0n) is 13.3. The first-order valence-electron chi connectivity index (χ1n) is 7.78. The number of ether oxygens (including phenoxy) is 1. The van der Waals surface area contributed by atoms with Gasteiger partial charge in [-0.15, -0.1) is 0 Å². The number of anilines is 1. The molecule has 1 aliphatic rings. The van der Waals surface area contributed by atoms with E-state index in [1.807, 2.05) is 6.92 Å². The lowest BCUT2D eigenvalue weighted by Crippen LogP contribution is -2.35. The smallest absolute Gasteiger partial charge is 0.271 e. The van der Waals surface area contributed by atoms with Crippen LogP contribution in [0.3, 0.4) is 0 Å². The first-order chi connectivity index (χ1) is 11.6. The van der Waals surface area contributed by atoms with Crippen LogP contribution in [0.15, 0.2) is 36.5 Å². The molecule has 0 radical (unpaired) electrons. The van der Waals surface area contributed by atoms with E-state index < -0.39 is 4.92 Å². The Bertz CT molecular complexity index is 791. The fourth-order valence-electron chi connectivity index (χ4n) is 2.84. The molecule has 24 heavy (non-hydrogen) atoms. The van der Waals surface area contributed by atoms with Crippen LogP contribution in [0.5, 0.6) is 5.88 Å². The molecule has 0 bridgehead atoms. The maximum atomic E-state index is 13.0.